The number of benzene rings is 1. The van der Waals surface area contributed by atoms with E-state index < -0.39 is 0 Å². The van der Waals surface area contributed by atoms with E-state index in [1.54, 1.807) is 6.08 Å². The molecule has 0 saturated heterocycles. The number of aliphatic imine (C=N–C) groups is 1. The number of nitrogens with zero attached hydrogens (tertiary/aromatic N) is 3. The predicted molar refractivity (Wildman–Crippen MR) is 97.6 cm³/mol. The summed E-state index contributed by atoms with van der Waals surface area (Å²) in [7, 11) is 0. The molecule has 3 aliphatic rings. The van der Waals surface area contributed by atoms with Gasteiger partial charge in [-0.25, -0.2) is 9.98 Å². The van der Waals surface area contributed by atoms with Crippen molar-refractivity contribution in [3.05, 3.63) is 53.6 Å². The van der Waals surface area contributed by atoms with E-state index in [9.17, 15) is 4.79 Å². The van der Waals surface area contributed by atoms with Gasteiger partial charge in [0.25, 0.3) is 0 Å². The van der Waals surface area contributed by atoms with Crippen molar-refractivity contribution in [3.8, 4) is 0 Å². The normalized spacial score (nSPS) is 23.7. The van der Waals surface area contributed by atoms with Gasteiger partial charge in [0.15, 0.2) is 5.78 Å². The van der Waals surface area contributed by atoms with Gasteiger partial charge in [0.2, 0.25) is 0 Å². The van der Waals surface area contributed by atoms with Crippen LogP contribution in [0.4, 0.5) is 0 Å². The average molecular weight is 332 g/mol. The Morgan fingerprint density at radius 1 is 1.20 bits per heavy atom. The molecule has 5 rings (SSSR count). The lowest BCUT2D eigenvalue weighted by Crippen LogP contribution is -2.15. The number of hydrogen-bond donors (Lipinski definition) is 1. The van der Waals surface area contributed by atoms with Crippen LogP contribution in [-0.4, -0.2) is 27.6 Å². The van der Waals surface area contributed by atoms with Crippen molar-refractivity contribution >= 4 is 22.5 Å². The van der Waals surface area contributed by atoms with E-state index in [1.807, 2.05) is 12.4 Å². The molecule has 2 aliphatic carbocycles. The summed E-state index contributed by atoms with van der Waals surface area (Å²) in [6, 6.07) is 6.99. The summed E-state index contributed by atoms with van der Waals surface area (Å²) < 4.78 is 2.33. The molecule has 1 fully saturated rings. The molecular weight excluding hydrogens is 312 g/mol. The van der Waals surface area contributed by atoms with Crippen LogP contribution in [0.5, 0.6) is 0 Å². The van der Waals surface area contributed by atoms with E-state index in [0.29, 0.717) is 19.0 Å². The van der Waals surface area contributed by atoms with E-state index in [2.05, 4.69) is 38.1 Å². The Morgan fingerprint density at radius 3 is 2.88 bits per heavy atom. The van der Waals surface area contributed by atoms with Gasteiger partial charge in [0, 0.05) is 17.2 Å². The number of hydrogen-bond acceptors (Lipinski definition) is 4. The zero-order chi connectivity index (χ0) is 16.8. The van der Waals surface area contributed by atoms with Gasteiger partial charge in [-0.3, -0.25) is 4.79 Å². The second-order valence-corrected chi connectivity index (χ2v) is 7.00. The van der Waals surface area contributed by atoms with Crippen molar-refractivity contribution in [2.45, 2.75) is 38.1 Å². The Morgan fingerprint density at radius 2 is 2.08 bits per heavy atom. The second-order valence-electron chi connectivity index (χ2n) is 7.00. The highest BCUT2D eigenvalue weighted by molar-refractivity contribution is 6.10. The zero-order valence-electron chi connectivity index (χ0n) is 14.0. The van der Waals surface area contributed by atoms with Crippen LogP contribution in [0, 0.1) is 0 Å². The summed E-state index contributed by atoms with van der Waals surface area (Å²) in [5.74, 6) is 0.792. The summed E-state index contributed by atoms with van der Waals surface area (Å²) in [5, 5.41) is 3.27. The number of nitrogens with one attached hydrogen (secondary N) is 1. The fourth-order valence-corrected chi connectivity index (χ4v) is 4.11. The maximum Gasteiger partial charge on any atom is 0.185 e. The summed E-state index contributed by atoms with van der Waals surface area (Å²) in [5.41, 5.74) is 5.04. The van der Waals surface area contributed by atoms with E-state index in [1.165, 1.54) is 31.2 Å². The minimum Gasteiger partial charge on any atom is -0.364 e. The van der Waals surface area contributed by atoms with Gasteiger partial charge in [0.1, 0.15) is 5.82 Å². The molecule has 25 heavy (non-hydrogen) atoms. The molecule has 0 radical (unpaired) electrons. The van der Waals surface area contributed by atoms with E-state index in [4.69, 9.17) is 0 Å². The number of carbonyl (C=O) groups is 1. The summed E-state index contributed by atoms with van der Waals surface area (Å²) in [6.07, 6.45) is 11.3. The first-order valence-electron chi connectivity index (χ1n) is 9.02. The van der Waals surface area contributed by atoms with E-state index >= 15 is 0 Å². The monoisotopic (exact) mass is 332 g/mol. The highest BCUT2D eigenvalue weighted by Gasteiger charge is 2.22. The van der Waals surface area contributed by atoms with Crippen LogP contribution in [0.25, 0.3) is 11.0 Å². The Kier molecular flexibility index (Phi) is 3.33. The lowest BCUT2D eigenvalue weighted by Gasteiger charge is -2.12. The molecule has 2 heterocycles. The van der Waals surface area contributed by atoms with Crippen LogP contribution in [0.3, 0.4) is 0 Å². The second kappa shape index (κ2) is 5.69. The largest absolute Gasteiger partial charge is 0.364 e. The molecule has 0 spiro atoms. The van der Waals surface area contributed by atoms with Crippen molar-refractivity contribution < 1.29 is 4.79 Å². The van der Waals surface area contributed by atoms with E-state index in [0.717, 1.165) is 28.2 Å². The average Bonchev–Trinajstić information content (AvgIpc) is 3.39. The molecule has 1 saturated carbocycles. The molecule has 126 valence electrons. The number of rotatable bonds is 2. The van der Waals surface area contributed by atoms with Crippen molar-refractivity contribution in [1.82, 2.24) is 14.9 Å². The first-order chi connectivity index (χ1) is 12.3. The minimum absolute atomic E-state index is 0.0678. The molecule has 0 unspecified atom stereocenters. The first kappa shape index (κ1) is 14.6. The topological polar surface area (TPSA) is 59.3 Å². The number of imidazole rings is 1. The van der Waals surface area contributed by atoms with Gasteiger partial charge in [-0.2, -0.15) is 0 Å². The van der Waals surface area contributed by atoms with Crippen LogP contribution in [0.15, 0.2) is 53.1 Å². The summed E-state index contributed by atoms with van der Waals surface area (Å²) >= 11 is 0. The third kappa shape index (κ3) is 2.42. The number of allylic oxidation sites excluding steroid dienone is 3. The molecule has 1 aromatic carbocycles. The molecule has 1 aromatic heterocycles. The lowest BCUT2D eigenvalue weighted by molar-refractivity contribution is -0.111. The van der Waals surface area contributed by atoms with Crippen LogP contribution < -0.4 is 5.32 Å². The molecule has 5 nitrogen and oxygen atoms in total. The van der Waals surface area contributed by atoms with Gasteiger partial charge in [-0.15, -0.1) is 0 Å². The highest BCUT2D eigenvalue weighted by atomic mass is 16.1. The first-order valence-corrected chi connectivity index (χ1v) is 9.02. The van der Waals surface area contributed by atoms with E-state index in [-0.39, 0.29) is 5.78 Å². The molecule has 2 aromatic rings. The van der Waals surface area contributed by atoms with Gasteiger partial charge >= 0.3 is 0 Å². The molecule has 5 heteroatoms. The fourth-order valence-electron chi connectivity index (χ4n) is 4.11. The molecule has 0 atom stereocenters. The van der Waals surface area contributed by atoms with Crippen molar-refractivity contribution in [2.75, 3.05) is 6.54 Å². The third-order valence-electron chi connectivity index (χ3n) is 5.47. The number of ketones is 1. The fraction of sp³-hybridized carbons (Fsp3) is 0.350. The number of aromatic nitrogens is 2. The van der Waals surface area contributed by atoms with Crippen molar-refractivity contribution in [2.24, 2.45) is 4.99 Å². The van der Waals surface area contributed by atoms with Crippen LogP contribution in [0.1, 0.15) is 43.7 Å². The quantitative estimate of drug-likeness (QED) is 0.859. The number of carbonyl (C=O) groups excluding carboxylic acids is 1. The number of fused-ring (bicyclic) bond motifs is 1. The zero-order valence-corrected chi connectivity index (χ0v) is 14.0. The van der Waals surface area contributed by atoms with Gasteiger partial charge in [-0.05, 0) is 37.5 Å². The van der Waals surface area contributed by atoms with Crippen molar-refractivity contribution in [3.63, 3.8) is 0 Å². The Bertz CT molecular complexity index is 957. The standard InChI is InChI=1S/C20H20N4O/c25-19-7-3-6-15(19)20-21-11-17(23-20)13-8-9-18-16(10-13)22-12-24(18)14-4-1-2-5-14/h3,7-10,12,14,21H,1-2,4-6,11H2. The van der Waals surface area contributed by atoms with Crippen LogP contribution >= 0.6 is 0 Å². The Balaban J connectivity index is 1.49. The maximum atomic E-state index is 11.8. The smallest absolute Gasteiger partial charge is 0.185 e. The van der Waals surface area contributed by atoms with Crippen LogP contribution in [0.2, 0.25) is 0 Å². The van der Waals surface area contributed by atoms with Gasteiger partial charge < -0.3 is 9.88 Å². The van der Waals surface area contributed by atoms with Crippen LogP contribution in [-0.2, 0) is 4.79 Å². The maximum absolute atomic E-state index is 11.8. The minimum atomic E-state index is 0.0678. The predicted octanol–water partition coefficient (Wildman–Crippen LogP) is 3.28. The molecular formula is C20H20N4O. The van der Waals surface area contributed by atoms with Gasteiger partial charge in [-0.1, -0.05) is 25.0 Å². The van der Waals surface area contributed by atoms with Gasteiger partial charge in [0.05, 0.1) is 29.6 Å². The molecule has 1 N–H and O–H groups in total. The molecule has 0 amide bonds. The molecule has 1 aliphatic heterocycles. The SMILES string of the molecule is O=C1C=CCC1=C1N=C(c2ccc3c(c2)ncn3C2CCCC2)CN1. The highest BCUT2D eigenvalue weighted by Crippen LogP contribution is 2.32. The lowest BCUT2D eigenvalue weighted by atomic mass is 10.1. The summed E-state index contributed by atoms with van der Waals surface area (Å²) in [6.45, 7) is 0.654. The summed E-state index contributed by atoms with van der Waals surface area (Å²) in [4.78, 5) is 21.1. The Hall–Kier alpha value is -2.69. The Labute approximate surface area is 146 Å². The molecule has 0 bridgehead atoms. The third-order valence-corrected chi connectivity index (χ3v) is 5.47. The van der Waals surface area contributed by atoms with Crippen molar-refractivity contribution in [1.29, 1.82) is 0 Å².